The van der Waals surface area contributed by atoms with Crippen LogP contribution in [0.1, 0.15) is 44.5 Å². The lowest BCUT2D eigenvalue weighted by atomic mass is 10.0. The number of nitrogens with one attached hydrogen (secondary N) is 1. The molecular weight excluding hydrogens is 314 g/mol. The Morgan fingerprint density at radius 3 is 2.48 bits per heavy atom. The number of para-hydroxylation sites is 1. The van der Waals surface area contributed by atoms with Gasteiger partial charge in [-0.1, -0.05) is 30.3 Å². The van der Waals surface area contributed by atoms with E-state index in [1.807, 2.05) is 57.2 Å². The van der Waals surface area contributed by atoms with Gasteiger partial charge in [0.25, 0.3) is 0 Å². The standard InChI is InChI=1S/C21H21NO3/c1-12-8-7-10-16(13(12)2)21(24)25-15(4)20(23)19-14(3)22-18-11-6-5-9-17(18)19/h5-11,15,22H,1-4H3/t15-/m0/s1. The number of fused-ring (bicyclic) bond motifs is 1. The highest BCUT2D eigenvalue weighted by Gasteiger charge is 2.25. The van der Waals surface area contributed by atoms with Crippen molar-refractivity contribution in [3.63, 3.8) is 0 Å². The van der Waals surface area contributed by atoms with E-state index in [2.05, 4.69) is 4.98 Å². The van der Waals surface area contributed by atoms with Crippen LogP contribution in [0.5, 0.6) is 0 Å². The van der Waals surface area contributed by atoms with Crippen LogP contribution in [0.2, 0.25) is 0 Å². The van der Waals surface area contributed by atoms with Gasteiger partial charge in [-0.15, -0.1) is 0 Å². The van der Waals surface area contributed by atoms with Gasteiger partial charge in [0.05, 0.1) is 5.56 Å². The van der Waals surface area contributed by atoms with Crippen LogP contribution in [0.3, 0.4) is 0 Å². The Labute approximate surface area is 146 Å². The van der Waals surface area contributed by atoms with Gasteiger partial charge >= 0.3 is 5.97 Å². The highest BCUT2D eigenvalue weighted by atomic mass is 16.5. The molecule has 0 saturated carbocycles. The fraction of sp³-hybridized carbons (Fsp3) is 0.238. The lowest BCUT2D eigenvalue weighted by Crippen LogP contribution is -2.25. The number of esters is 1. The van der Waals surface area contributed by atoms with Gasteiger partial charge in [0.2, 0.25) is 5.78 Å². The zero-order chi connectivity index (χ0) is 18.1. The monoisotopic (exact) mass is 335 g/mol. The number of benzene rings is 2. The first-order valence-corrected chi connectivity index (χ1v) is 8.29. The van der Waals surface area contributed by atoms with Crippen LogP contribution in [-0.4, -0.2) is 22.8 Å². The molecular formula is C21H21NO3. The number of aromatic nitrogens is 1. The van der Waals surface area contributed by atoms with Crippen LogP contribution >= 0.6 is 0 Å². The summed E-state index contributed by atoms with van der Waals surface area (Å²) in [5, 5.41) is 0.847. The number of aryl methyl sites for hydroxylation is 2. The van der Waals surface area contributed by atoms with E-state index < -0.39 is 12.1 Å². The molecule has 0 bridgehead atoms. The summed E-state index contributed by atoms with van der Waals surface area (Å²) in [6.07, 6.45) is -0.856. The van der Waals surface area contributed by atoms with Crippen molar-refractivity contribution in [2.75, 3.05) is 0 Å². The van der Waals surface area contributed by atoms with Crippen LogP contribution in [0.4, 0.5) is 0 Å². The summed E-state index contributed by atoms with van der Waals surface area (Å²) in [6, 6.07) is 13.1. The molecule has 1 atom stereocenters. The Morgan fingerprint density at radius 1 is 1.00 bits per heavy atom. The first-order valence-electron chi connectivity index (χ1n) is 8.29. The number of H-pyrrole nitrogens is 1. The predicted molar refractivity (Wildman–Crippen MR) is 98.2 cm³/mol. The summed E-state index contributed by atoms with van der Waals surface area (Å²) >= 11 is 0. The predicted octanol–water partition coefficient (Wildman–Crippen LogP) is 4.52. The number of hydrogen-bond donors (Lipinski definition) is 1. The molecule has 0 fully saturated rings. The molecule has 3 aromatic rings. The third-order valence-electron chi connectivity index (χ3n) is 4.62. The smallest absolute Gasteiger partial charge is 0.339 e. The summed E-state index contributed by atoms with van der Waals surface area (Å²) in [4.78, 5) is 28.5. The van der Waals surface area contributed by atoms with Gasteiger partial charge in [0.15, 0.2) is 6.10 Å². The molecule has 1 aromatic heterocycles. The Bertz CT molecular complexity index is 968. The van der Waals surface area contributed by atoms with E-state index in [4.69, 9.17) is 4.74 Å². The number of carbonyl (C=O) groups is 2. The highest BCUT2D eigenvalue weighted by molar-refractivity contribution is 6.11. The van der Waals surface area contributed by atoms with Crippen LogP contribution in [0.15, 0.2) is 42.5 Å². The number of ketones is 1. The average molecular weight is 335 g/mol. The van der Waals surface area contributed by atoms with E-state index in [0.717, 1.165) is 27.7 Å². The molecule has 0 spiro atoms. The summed E-state index contributed by atoms with van der Waals surface area (Å²) < 4.78 is 5.46. The molecule has 1 heterocycles. The van der Waals surface area contributed by atoms with Gasteiger partial charge < -0.3 is 9.72 Å². The summed E-state index contributed by atoms with van der Waals surface area (Å²) in [7, 11) is 0. The minimum Gasteiger partial charge on any atom is -0.451 e. The third-order valence-corrected chi connectivity index (χ3v) is 4.62. The van der Waals surface area contributed by atoms with Crippen molar-refractivity contribution in [3.05, 3.63) is 70.4 Å². The average Bonchev–Trinajstić information content (AvgIpc) is 2.92. The Morgan fingerprint density at radius 2 is 1.72 bits per heavy atom. The van der Waals surface area contributed by atoms with Crippen molar-refractivity contribution in [2.24, 2.45) is 0 Å². The molecule has 128 valence electrons. The minimum atomic E-state index is -0.856. The molecule has 0 aliphatic heterocycles. The maximum atomic E-state index is 12.9. The zero-order valence-electron chi connectivity index (χ0n) is 14.8. The van der Waals surface area contributed by atoms with Gasteiger partial charge in [-0.25, -0.2) is 4.79 Å². The molecule has 4 heteroatoms. The summed E-state index contributed by atoms with van der Waals surface area (Å²) in [6.45, 7) is 7.29. The lowest BCUT2D eigenvalue weighted by Gasteiger charge is -2.14. The van der Waals surface area contributed by atoms with Gasteiger partial charge in [-0.3, -0.25) is 4.79 Å². The quantitative estimate of drug-likeness (QED) is 0.563. The van der Waals surface area contributed by atoms with Gasteiger partial charge in [-0.2, -0.15) is 0 Å². The second kappa shape index (κ2) is 6.55. The van der Waals surface area contributed by atoms with Crippen molar-refractivity contribution < 1.29 is 14.3 Å². The molecule has 1 N–H and O–H groups in total. The first-order chi connectivity index (χ1) is 11.9. The van der Waals surface area contributed by atoms with E-state index in [-0.39, 0.29) is 5.78 Å². The molecule has 3 rings (SSSR count). The van der Waals surface area contributed by atoms with Crippen molar-refractivity contribution in [2.45, 2.75) is 33.8 Å². The second-order valence-electron chi connectivity index (χ2n) is 6.33. The van der Waals surface area contributed by atoms with E-state index in [9.17, 15) is 9.59 Å². The number of rotatable bonds is 4. The summed E-state index contributed by atoms with van der Waals surface area (Å²) in [5.74, 6) is -0.673. The molecule has 0 saturated heterocycles. The normalized spacial score (nSPS) is 12.2. The molecule has 0 aliphatic carbocycles. The summed E-state index contributed by atoms with van der Waals surface area (Å²) in [5.41, 5.74) is 4.64. The van der Waals surface area contributed by atoms with Gasteiger partial charge in [0, 0.05) is 22.2 Å². The maximum Gasteiger partial charge on any atom is 0.339 e. The van der Waals surface area contributed by atoms with E-state index in [1.165, 1.54) is 0 Å². The van der Waals surface area contributed by atoms with E-state index in [0.29, 0.717) is 11.1 Å². The Hall–Kier alpha value is -2.88. The topological polar surface area (TPSA) is 59.2 Å². The molecule has 2 aromatic carbocycles. The Kier molecular flexibility index (Phi) is 4.45. The number of Topliss-reactive ketones (excluding diaryl/α,β-unsaturated/α-hetero) is 1. The largest absolute Gasteiger partial charge is 0.451 e. The maximum absolute atomic E-state index is 12.9. The molecule has 0 unspecified atom stereocenters. The molecule has 0 radical (unpaired) electrons. The van der Waals surface area contributed by atoms with Crippen LogP contribution in [-0.2, 0) is 4.74 Å². The number of carbonyl (C=O) groups excluding carboxylic acids is 2. The fourth-order valence-corrected chi connectivity index (χ4v) is 3.05. The number of hydrogen-bond acceptors (Lipinski definition) is 3. The minimum absolute atomic E-state index is 0.200. The fourth-order valence-electron chi connectivity index (χ4n) is 3.05. The van der Waals surface area contributed by atoms with Gasteiger partial charge in [0.1, 0.15) is 0 Å². The molecule has 0 aliphatic rings. The van der Waals surface area contributed by atoms with Gasteiger partial charge in [-0.05, 0) is 51.0 Å². The molecule has 4 nitrogen and oxygen atoms in total. The van der Waals surface area contributed by atoms with Crippen molar-refractivity contribution >= 4 is 22.7 Å². The van der Waals surface area contributed by atoms with Crippen molar-refractivity contribution in [3.8, 4) is 0 Å². The third kappa shape index (κ3) is 3.07. The zero-order valence-corrected chi connectivity index (χ0v) is 14.8. The molecule has 25 heavy (non-hydrogen) atoms. The van der Waals surface area contributed by atoms with Crippen molar-refractivity contribution in [1.29, 1.82) is 0 Å². The highest BCUT2D eigenvalue weighted by Crippen LogP contribution is 2.24. The van der Waals surface area contributed by atoms with Crippen LogP contribution in [0, 0.1) is 20.8 Å². The van der Waals surface area contributed by atoms with E-state index in [1.54, 1.807) is 13.0 Å². The number of aromatic amines is 1. The molecule has 0 amide bonds. The number of ether oxygens (including phenoxy) is 1. The van der Waals surface area contributed by atoms with Crippen LogP contribution < -0.4 is 0 Å². The SMILES string of the molecule is Cc1cccc(C(=O)O[C@@H](C)C(=O)c2c(C)[nH]c3ccccc23)c1C. The lowest BCUT2D eigenvalue weighted by molar-refractivity contribution is 0.0318. The first kappa shape index (κ1) is 17.0. The second-order valence-corrected chi connectivity index (χ2v) is 6.33. The Balaban J connectivity index is 1.86. The van der Waals surface area contributed by atoms with Crippen LogP contribution in [0.25, 0.3) is 10.9 Å². The van der Waals surface area contributed by atoms with E-state index >= 15 is 0 Å². The van der Waals surface area contributed by atoms with Crippen molar-refractivity contribution in [1.82, 2.24) is 4.98 Å².